The first-order valence-electron chi connectivity index (χ1n) is 7.36. The summed E-state index contributed by atoms with van der Waals surface area (Å²) in [6.45, 7) is -0.165. The van der Waals surface area contributed by atoms with Crippen LogP contribution in [0.1, 0.15) is 6.42 Å². The molecular weight excluding hydrogens is 373 g/mol. The van der Waals surface area contributed by atoms with Crippen molar-refractivity contribution in [2.24, 2.45) is 0 Å². The van der Waals surface area contributed by atoms with Crippen molar-refractivity contribution in [1.82, 2.24) is 4.72 Å². The molecule has 10 heteroatoms. The predicted octanol–water partition coefficient (Wildman–Crippen LogP) is 2.89. The normalized spacial score (nSPS) is 11.8. The van der Waals surface area contributed by atoms with E-state index in [1.807, 2.05) is 0 Å². The number of carbonyl (C=O) groups excluding carboxylic acids is 1. The highest BCUT2D eigenvalue weighted by Gasteiger charge is 2.31. The Morgan fingerprint density at radius 2 is 1.73 bits per heavy atom. The lowest BCUT2D eigenvalue weighted by Crippen LogP contribution is -2.27. The Labute approximate surface area is 148 Å². The second-order valence-corrected chi connectivity index (χ2v) is 6.85. The SMILES string of the molecule is O=C(CCNS(=O)(=O)c1ccccc1)Nc1cccc(OC(F)(F)F)c1. The van der Waals surface area contributed by atoms with E-state index in [1.54, 1.807) is 18.2 Å². The summed E-state index contributed by atoms with van der Waals surface area (Å²) in [4.78, 5) is 11.9. The molecule has 2 N–H and O–H groups in total. The molecule has 0 radical (unpaired) electrons. The fourth-order valence-corrected chi connectivity index (χ4v) is 3.03. The highest BCUT2D eigenvalue weighted by molar-refractivity contribution is 7.89. The maximum absolute atomic E-state index is 12.2. The Hall–Kier alpha value is -2.59. The number of rotatable bonds is 7. The van der Waals surface area contributed by atoms with Gasteiger partial charge in [-0.1, -0.05) is 24.3 Å². The lowest BCUT2D eigenvalue weighted by molar-refractivity contribution is -0.274. The van der Waals surface area contributed by atoms with Crippen LogP contribution in [0.2, 0.25) is 0 Å². The molecule has 0 aliphatic rings. The summed E-state index contributed by atoms with van der Waals surface area (Å²) >= 11 is 0. The molecule has 2 rings (SSSR count). The Balaban J connectivity index is 1.87. The zero-order chi connectivity index (χ0) is 19.2. The molecule has 0 aromatic heterocycles. The van der Waals surface area contributed by atoms with E-state index in [1.165, 1.54) is 24.3 Å². The molecule has 0 fully saturated rings. The van der Waals surface area contributed by atoms with Crippen molar-refractivity contribution in [2.75, 3.05) is 11.9 Å². The van der Waals surface area contributed by atoms with Gasteiger partial charge in [-0.2, -0.15) is 0 Å². The number of benzene rings is 2. The molecule has 2 aromatic carbocycles. The van der Waals surface area contributed by atoms with E-state index in [-0.39, 0.29) is 23.5 Å². The van der Waals surface area contributed by atoms with Crippen LogP contribution in [0.15, 0.2) is 59.5 Å². The summed E-state index contributed by atoms with van der Waals surface area (Å²) in [5.74, 6) is -1.04. The molecule has 0 saturated carbocycles. The quantitative estimate of drug-likeness (QED) is 0.764. The second-order valence-electron chi connectivity index (χ2n) is 5.08. The van der Waals surface area contributed by atoms with Crippen LogP contribution in [0.4, 0.5) is 18.9 Å². The summed E-state index contributed by atoms with van der Waals surface area (Å²) < 4.78 is 66.5. The molecular formula is C16H15F3N2O4S. The number of hydrogen-bond donors (Lipinski definition) is 2. The van der Waals surface area contributed by atoms with Gasteiger partial charge in [-0.05, 0) is 24.3 Å². The minimum Gasteiger partial charge on any atom is -0.406 e. The molecule has 6 nitrogen and oxygen atoms in total. The van der Waals surface area contributed by atoms with Crippen LogP contribution in [-0.2, 0) is 14.8 Å². The van der Waals surface area contributed by atoms with Gasteiger partial charge in [0.15, 0.2) is 0 Å². The van der Waals surface area contributed by atoms with E-state index in [0.717, 1.165) is 12.1 Å². The van der Waals surface area contributed by atoms with Gasteiger partial charge in [0.05, 0.1) is 4.90 Å². The van der Waals surface area contributed by atoms with Gasteiger partial charge in [0.2, 0.25) is 15.9 Å². The van der Waals surface area contributed by atoms with E-state index in [2.05, 4.69) is 14.8 Å². The maximum atomic E-state index is 12.2. The van der Waals surface area contributed by atoms with Crippen molar-refractivity contribution >= 4 is 21.6 Å². The fraction of sp³-hybridized carbons (Fsp3) is 0.188. The number of anilines is 1. The van der Waals surface area contributed by atoms with E-state index < -0.39 is 28.0 Å². The topological polar surface area (TPSA) is 84.5 Å². The highest BCUT2D eigenvalue weighted by atomic mass is 32.2. The average Bonchev–Trinajstić information content (AvgIpc) is 2.54. The molecule has 0 spiro atoms. The van der Waals surface area contributed by atoms with Gasteiger partial charge in [0, 0.05) is 24.7 Å². The number of hydrogen-bond acceptors (Lipinski definition) is 4. The molecule has 0 heterocycles. The van der Waals surface area contributed by atoms with Crippen LogP contribution >= 0.6 is 0 Å². The minimum atomic E-state index is -4.83. The van der Waals surface area contributed by atoms with Gasteiger partial charge in [-0.25, -0.2) is 13.1 Å². The molecule has 0 atom stereocenters. The lowest BCUT2D eigenvalue weighted by Gasteiger charge is -2.11. The van der Waals surface area contributed by atoms with Crippen molar-refractivity contribution in [3.05, 3.63) is 54.6 Å². The van der Waals surface area contributed by atoms with Crippen LogP contribution in [0.3, 0.4) is 0 Å². The van der Waals surface area contributed by atoms with E-state index in [0.29, 0.717) is 0 Å². The molecule has 140 valence electrons. The van der Waals surface area contributed by atoms with Crippen molar-refractivity contribution < 1.29 is 31.1 Å². The smallest absolute Gasteiger partial charge is 0.406 e. The zero-order valence-electron chi connectivity index (χ0n) is 13.3. The van der Waals surface area contributed by atoms with E-state index in [9.17, 15) is 26.4 Å². The Bertz CT molecular complexity index is 855. The summed E-state index contributed by atoms with van der Waals surface area (Å²) in [6, 6.07) is 12.4. The summed E-state index contributed by atoms with van der Waals surface area (Å²) in [5.41, 5.74) is 0.0997. The number of ether oxygens (including phenoxy) is 1. The average molecular weight is 388 g/mol. The van der Waals surface area contributed by atoms with Crippen molar-refractivity contribution in [3.8, 4) is 5.75 Å². The largest absolute Gasteiger partial charge is 0.573 e. The van der Waals surface area contributed by atoms with E-state index in [4.69, 9.17) is 0 Å². The van der Waals surface area contributed by atoms with Gasteiger partial charge in [0.25, 0.3) is 0 Å². The predicted molar refractivity (Wildman–Crippen MR) is 88.0 cm³/mol. The second kappa shape index (κ2) is 8.19. The number of carbonyl (C=O) groups is 1. The van der Waals surface area contributed by atoms with Crippen LogP contribution in [-0.4, -0.2) is 27.2 Å². The van der Waals surface area contributed by atoms with Crippen LogP contribution in [0, 0.1) is 0 Å². The third-order valence-corrected chi connectivity index (χ3v) is 4.53. The summed E-state index contributed by atoms with van der Waals surface area (Å²) in [5, 5.41) is 2.37. The first kappa shape index (κ1) is 19.7. The Morgan fingerprint density at radius 3 is 2.38 bits per heavy atom. The van der Waals surface area contributed by atoms with Gasteiger partial charge < -0.3 is 10.1 Å². The number of halogens is 3. The molecule has 0 bridgehead atoms. The number of sulfonamides is 1. The number of alkyl halides is 3. The molecule has 0 aliphatic carbocycles. The van der Waals surface area contributed by atoms with Crippen molar-refractivity contribution in [3.63, 3.8) is 0 Å². The molecule has 0 saturated heterocycles. The Morgan fingerprint density at radius 1 is 1.04 bits per heavy atom. The van der Waals surface area contributed by atoms with Crippen molar-refractivity contribution in [2.45, 2.75) is 17.7 Å². The van der Waals surface area contributed by atoms with Crippen molar-refractivity contribution in [1.29, 1.82) is 0 Å². The summed E-state index contributed by atoms with van der Waals surface area (Å²) in [6.07, 6.45) is -5.03. The third-order valence-electron chi connectivity index (χ3n) is 3.05. The van der Waals surface area contributed by atoms with Gasteiger partial charge in [-0.3, -0.25) is 4.79 Å². The van der Waals surface area contributed by atoms with Crippen LogP contribution in [0.25, 0.3) is 0 Å². The van der Waals surface area contributed by atoms with E-state index >= 15 is 0 Å². The molecule has 0 aliphatic heterocycles. The first-order valence-corrected chi connectivity index (χ1v) is 8.84. The number of nitrogens with one attached hydrogen (secondary N) is 2. The Kier molecular flexibility index (Phi) is 6.22. The molecule has 26 heavy (non-hydrogen) atoms. The van der Waals surface area contributed by atoms with Gasteiger partial charge in [0.1, 0.15) is 5.75 Å². The number of amides is 1. The summed E-state index contributed by atoms with van der Waals surface area (Å²) in [7, 11) is -3.73. The van der Waals surface area contributed by atoms with Crippen LogP contribution < -0.4 is 14.8 Å². The monoisotopic (exact) mass is 388 g/mol. The lowest BCUT2D eigenvalue weighted by atomic mass is 10.3. The maximum Gasteiger partial charge on any atom is 0.573 e. The molecule has 0 unspecified atom stereocenters. The van der Waals surface area contributed by atoms with Gasteiger partial charge >= 0.3 is 6.36 Å². The van der Waals surface area contributed by atoms with Crippen LogP contribution in [0.5, 0.6) is 5.75 Å². The fourth-order valence-electron chi connectivity index (χ4n) is 1.98. The first-order chi connectivity index (χ1) is 12.2. The highest BCUT2D eigenvalue weighted by Crippen LogP contribution is 2.25. The minimum absolute atomic E-state index is 0.0670. The zero-order valence-corrected chi connectivity index (χ0v) is 14.1. The molecule has 1 amide bonds. The van der Waals surface area contributed by atoms with Gasteiger partial charge in [-0.15, -0.1) is 13.2 Å². The standard InChI is InChI=1S/C16H15F3N2O4S/c17-16(18,19)25-13-6-4-5-12(11-13)21-15(22)9-10-20-26(23,24)14-7-2-1-3-8-14/h1-8,11,20H,9-10H2,(H,21,22). The molecule has 2 aromatic rings. The third kappa shape index (κ3) is 6.37.